The molecule has 4 rings (SSSR count). The minimum Gasteiger partial charge on any atom is -0.313 e. The second-order valence-corrected chi connectivity index (χ2v) is 13.1. The standard InChI is InChI=1S/C26H29N3O3S3/c1-17(2)15-29(16-18(3)4)35(31,32)20-11-9-19(10-12-20)24(30)28-25-21(13-14-33-25)26-27-22-7-5-6-8-23(22)34-26/h5-14,17-18H,15-16H2,1-4H3,(H,28,30). The predicted molar refractivity (Wildman–Crippen MR) is 146 cm³/mol. The molecule has 0 fully saturated rings. The number of para-hydroxylation sites is 1. The molecule has 184 valence electrons. The van der Waals surface area contributed by atoms with Crippen molar-refractivity contribution in [1.29, 1.82) is 0 Å². The molecule has 0 aliphatic carbocycles. The Labute approximate surface area is 214 Å². The molecular weight excluding hydrogens is 499 g/mol. The summed E-state index contributed by atoms with van der Waals surface area (Å²) < 4.78 is 29.1. The van der Waals surface area contributed by atoms with Crippen LogP contribution in [0.4, 0.5) is 5.00 Å². The zero-order valence-corrected chi connectivity index (χ0v) is 22.6. The first kappa shape index (κ1) is 25.5. The second-order valence-electron chi connectivity index (χ2n) is 9.24. The van der Waals surface area contributed by atoms with Crippen LogP contribution in [0.2, 0.25) is 0 Å². The molecule has 2 aromatic heterocycles. The Balaban J connectivity index is 1.53. The molecule has 0 bridgehead atoms. The van der Waals surface area contributed by atoms with Crippen molar-refractivity contribution in [3.8, 4) is 10.6 Å². The normalized spacial score (nSPS) is 12.2. The molecule has 0 unspecified atom stereocenters. The molecular formula is C26H29N3O3S3. The van der Waals surface area contributed by atoms with Crippen molar-refractivity contribution in [1.82, 2.24) is 9.29 Å². The van der Waals surface area contributed by atoms with E-state index in [0.29, 0.717) is 23.7 Å². The first-order valence-electron chi connectivity index (χ1n) is 11.5. The van der Waals surface area contributed by atoms with E-state index in [4.69, 9.17) is 4.98 Å². The quantitative estimate of drug-likeness (QED) is 0.267. The van der Waals surface area contributed by atoms with E-state index in [9.17, 15) is 13.2 Å². The molecule has 0 atom stereocenters. The van der Waals surface area contributed by atoms with Gasteiger partial charge in [0.15, 0.2) is 0 Å². The van der Waals surface area contributed by atoms with Crippen molar-refractivity contribution in [2.24, 2.45) is 11.8 Å². The molecule has 1 N–H and O–H groups in total. The van der Waals surface area contributed by atoms with E-state index >= 15 is 0 Å². The van der Waals surface area contributed by atoms with Gasteiger partial charge in [0.1, 0.15) is 10.0 Å². The van der Waals surface area contributed by atoms with Gasteiger partial charge in [-0.3, -0.25) is 4.79 Å². The van der Waals surface area contributed by atoms with Crippen LogP contribution in [-0.2, 0) is 10.0 Å². The number of nitrogens with zero attached hydrogens (tertiary/aromatic N) is 2. The predicted octanol–water partition coefficient (Wildman–Crippen LogP) is 6.58. The number of amides is 1. The van der Waals surface area contributed by atoms with Gasteiger partial charge in [-0.25, -0.2) is 13.4 Å². The first-order chi connectivity index (χ1) is 16.6. The molecule has 35 heavy (non-hydrogen) atoms. The summed E-state index contributed by atoms with van der Waals surface area (Å²) in [7, 11) is -3.64. The molecule has 9 heteroatoms. The van der Waals surface area contributed by atoms with Gasteiger partial charge in [0, 0.05) is 24.2 Å². The van der Waals surface area contributed by atoms with Crippen LogP contribution in [0.25, 0.3) is 20.8 Å². The van der Waals surface area contributed by atoms with Crippen molar-refractivity contribution in [3.05, 3.63) is 65.5 Å². The van der Waals surface area contributed by atoms with Gasteiger partial charge in [0.2, 0.25) is 10.0 Å². The third-order valence-corrected chi connectivity index (χ3v) is 9.05. The maximum atomic E-state index is 13.2. The van der Waals surface area contributed by atoms with Gasteiger partial charge in [-0.05, 0) is 59.7 Å². The van der Waals surface area contributed by atoms with Gasteiger partial charge < -0.3 is 5.32 Å². The highest BCUT2D eigenvalue weighted by atomic mass is 32.2. The van der Waals surface area contributed by atoms with Crippen LogP contribution in [0.1, 0.15) is 38.1 Å². The lowest BCUT2D eigenvalue weighted by Crippen LogP contribution is -2.37. The molecule has 2 heterocycles. The number of anilines is 1. The van der Waals surface area contributed by atoms with Gasteiger partial charge in [-0.1, -0.05) is 39.8 Å². The van der Waals surface area contributed by atoms with Crippen molar-refractivity contribution in [2.45, 2.75) is 32.6 Å². The zero-order chi connectivity index (χ0) is 25.2. The summed E-state index contributed by atoms with van der Waals surface area (Å²) in [5.41, 5.74) is 2.20. The number of fused-ring (bicyclic) bond motifs is 1. The van der Waals surface area contributed by atoms with Crippen molar-refractivity contribution >= 4 is 53.8 Å². The summed E-state index contributed by atoms with van der Waals surface area (Å²) >= 11 is 3.01. The van der Waals surface area contributed by atoms with Crippen LogP contribution in [0.3, 0.4) is 0 Å². The first-order valence-corrected chi connectivity index (χ1v) is 14.6. The SMILES string of the molecule is CC(C)CN(CC(C)C)S(=O)(=O)c1ccc(C(=O)Nc2sccc2-c2nc3ccccc3s2)cc1. The van der Waals surface area contributed by atoms with E-state index in [-0.39, 0.29) is 22.6 Å². The molecule has 6 nitrogen and oxygen atoms in total. The Morgan fingerprint density at radius 2 is 1.63 bits per heavy atom. The van der Waals surface area contributed by atoms with Gasteiger partial charge >= 0.3 is 0 Å². The average Bonchev–Trinajstić information content (AvgIpc) is 3.44. The smallest absolute Gasteiger partial charge is 0.256 e. The average molecular weight is 528 g/mol. The highest BCUT2D eigenvalue weighted by Gasteiger charge is 2.26. The Morgan fingerprint density at radius 1 is 0.971 bits per heavy atom. The van der Waals surface area contributed by atoms with E-state index in [1.165, 1.54) is 27.8 Å². The number of nitrogens with one attached hydrogen (secondary N) is 1. The lowest BCUT2D eigenvalue weighted by atomic mass is 10.2. The minimum absolute atomic E-state index is 0.196. The highest BCUT2D eigenvalue weighted by Crippen LogP contribution is 2.38. The van der Waals surface area contributed by atoms with Crippen LogP contribution < -0.4 is 5.32 Å². The summed E-state index contributed by atoms with van der Waals surface area (Å²) in [6, 6.07) is 16.0. The molecule has 1 amide bonds. The van der Waals surface area contributed by atoms with Crippen molar-refractivity contribution < 1.29 is 13.2 Å². The van der Waals surface area contributed by atoms with E-state index in [1.807, 2.05) is 63.4 Å². The number of rotatable bonds is 9. The van der Waals surface area contributed by atoms with Crippen LogP contribution in [0, 0.1) is 11.8 Å². The molecule has 0 saturated carbocycles. The number of benzene rings is 2. The fourth-order valence-electron chi connectivity index (χ4n) is 3.75. The topological polar surface area (TPSA) is 79.4 Å². The Kier molecular flexibility index (Phi) is 7.70. The highest BCUT2D eigenvalue weighted by molar-refractivity contribution is 7.89. The number of thiazole rings is 1. The molecule has 0 saturated heterocycles. The monoisotopic (exact) mass is 527 g/mol. The number of carbonyl (C=O) groups is 1. The maximum Gasteiger partial charge on any atom is 0.256 e. The van der Waals surface area contributed by atoms with E-state index < -0.39 is 10.0 Å². The zero-order valence-electron chi connectivity index (χ0n) is 20.2. The number of hydrogen-bond acceptors (Lipinski definition) is 6. The Hall–Kier alpha value is -2.59. The van der Waals surface area contributed by atoms with Gasteiger partial charge in [0.05, 0.1) is 15.1 Å². The molecule has 0 aliphatic rings. The van der Waals surface area contributed by atoms with Crippen LogP contribution in [0.5, 0.6) is 0 Å². The largest absolute Gasteiger partial charge is 0.313 e. The summed E-state index contributed by atoms with van der Waals surface area (Å²) in [4.78, 5) is 17.9. The lowest BCUT2D eigenvalue weighted by molar-refractivity contribution is 0.102. The number of aromatic nitrogens is 1. The summed E-state index contributed by atoms with van der Waals surface area (Å²) in [6.07, 6.45) is 0. The number of thiophene rings is 1. The van der Waals surface area contributed by atoms with Crippen LogP contribution in [0.15, 0.2) is 64.9 Å². The number of carbonyl (C=O) groups excluding carboxylic acids is 1. The van der Waals surface area contributed by atoms with Gasteiger partial charge in [-0.2, -0.15) is 4.31 Å². The second kappa shape index (κ2) is 10.6. The fourth-order valence-corrected chi connectivity index (χ4v) is 7.36. The summed E-state index contributed by atoms with van der Waals surface area (Å²) in [6.45, 7) is 8.92. The van der Waals surface area contributed by atoms with E-state index in [2.05, 4.69) is 5.32 Å². The van der Waals surface area contributed by atoms with E-state index in [1.54, 1.807) is 23.5 Å². The van der Waals surface area contributed by atoms with E-state index in [0.717, 1.165) is 20.8 Å². The molecule has 0 radical (unpaired) electrons. The maximum absolute atomic E-state index is 13.2. The lowest BCUT2D eigenvalue weighted by Gasteiger charge is -2.25. The Morgan fingerprint density at radius 3 is 2.26 bits per heavy atom. The molecule has 0 spiro atoms. The third kappa shape index (κ3) is 5.81. The number of hydrogen-bond donors (Lipinski definition) is 1. The molecule has 4 aromatic rings. The Bertz CT molecular complexity index is 1380. The van der Waals surface area contributed by atoms with Crippen molar-refractivity contribution in [2.75, 3.05) is 18.4 Å². The fraction of sp³-hybridized carbons (Fsp3) is 0.308. The van der Waals surface area contributed by atoms with Crippen LogP contribution >= 0.6 is 22.7 Å². The summed E-state index contributed by atoms with van der Waals surface area (Å²) in [5, 5.41) is 6.45. The van der Waals surface area contributed by atoms with Gasteiger partial charge in [0.25, 0.3) is 5.91 Å². The third-order valence-electron chi connectivity index (χ3n) is 5.31. The van der Waals surface area contributed by atoms with Crippen LogP contribution in [-0.4, -0.2) is 36.7 Å². The number of sulfonamides is 1. The summed E-state index contributed by atoms with van der Waals surface area (Å²) in [5.74, 6) is 0.132. The molecule has 0 aliphatic heterocycles. The van der Waals surface area contributed by atoms with Gasteiger partial charge in [-0.15, -0.1) is 22.7 Å². The minimum atomic E-state index is -3.64. The van der Waals surface area contributed by atoms with Crippen molar-refractivity contribution in [3.63, 3.8) is 0 Å². The molecule has 2 aromatic carbocycles.